The molecule has 0 bridgehead atoms. The summed E-state index contributed by atoms with van der Waals surface area (Å²) in [6, 6.07) is 29.2. The van der Waals surface area contributed by atoms with E-state index in [0.717, 1.165) is 32.1 Å². The zero-order valence-corrected chi connectivity index (χ0v) is 32.0. The molecular weight excluding hydrogens is 725 g/mol. The van der Waals surface area contributed by atoms with E-state index in [1.807, 2.05) is 24.3 Å². The molecule has 0 aromatic heterocycles. The van der Waals surface area contributed by atoms with Crippen molar-refractivity contribution in [3.63, 3.8) is 0 Å². The second-order valence-corrected chi connectivity index (χ2v) is 16.2. The Morgan fingerprint density at radius 1 is 0.429 bits per heavy atom. The van der Waals surface area contributed by atoms with Crippen molar-refractivity contribution < 1.29 is 27.6 Å². The van der Waals surface area contributed by atoms with Crippen molar-refractivity contribution >= 4 is 56.2 Å². The van der Waals surface area contributed by atoms with Crippen LogP contribution < -0.4 is 21.3 Å². The number of imide groups is 2. The summed E-state index contributed by atoms with van der Waals surface area (Å²) in [6.45, 7) is 8.26. The summed E-state index contributed by atoms with van der Waals surface area (Å²) in [5.74, 6) is -2.01. The van der Waals surface area contributed by atoms with E-state index >= 15 is 0 Å². The van der Waals surface area contributed by atoms with E-state index in [-0.39, 0.29) is 37.7 Å². The number of rotatable bonds is 6. The van der Waals surface area contributed by atoms with Crippen molar-refractivity contribution in [3.05, 3.63) is 153 Å². The smallest absolute Gasteiger partial charge is 0.266 e. The standard InChI is InChI=1S/C45H36N4O6S/c1-23-20-40(24(2)18-38(23)48-42(50)34-16-10-30(21-36(34)44(48)52)28-6-12-32(46)13-7-28)56(54,55)41-25(3)19-39(26(4)27(41)5)49-43(51)35-17-11-31(22-37(35)45(49)53)29-8-14-33(47)15-9-29/h6-22H,46-47H2,1-5H3. The van der Waals surface area contributed by atoms with Gasteiger partial charge in [-0.15, -0.1) is 0 Å². The SMILES string of the molecule is Cc1cc(S(=O)(=O)c2c(C)cc(N3C(=O)c4ccc(-c5ccc(N)cc5)cc4C3=O)c(C)c2C)c(C)cc1N1C(=O)c2ccc(-c3ccc(N)cc3)cc2C1=O. The first kappa shape index (κ1) is 36.1. The second kappa shape index (κ2) is 12.9. The summed E-state index contributed by atoms with van der Waals surface area (Å²) in [6.07, 6.45) is 0. The van der Waals surface area contributed by atoms with Crippen LogP contribution in [0.15, 0.2) is 113 Å². The maximum absolute atomic E-state index is 14.6. The molecule has 0 atom stereocenters. The Morgan fingerprint density at radius 3 is 1.32 bits per heavy atom. The van der Waals surface area contributed by atoms with Crippen molar-refractivity contribution in [2.45, 2.75) is 44.4 Å². The van der Waals surface area contributed by atoms with Gasteiger partial charge in [-0.1, -0.05) is 36.4 Å². The average molecular weight is 761 g/mol. The maximum atomic E-state index is 14.6. The lowest BCUT2D eigenvalue weighted by Crippen LogP contribution is -2.30. The Bertz CT molecular complexity index is 2860. The minimum atomic E-state index is -4.19. The lowest BCUT2D eigenvalue weighted by atomic mass is 10.00. The highest BCUT2D eigenvalue weighted by Crippen LogP contribution is 2.41. The van der Waals surface area contributed by atoms with Crippen molar-refractivity contribution in [3.8, 4) is 22.3 Å². The van der Waals surface area contributed by atoms with Crippen LogP contribution >= 0.6 is 0 Å². The number of fused-ring (bicyclic) bond motifs is 2. The van der Waals surface area contributed by atoms with Crippen molar-refractivity contribution in [1.82, 2.24) is 0 Å². The third kappa shape index (κ3) is 5.50. The van der Waals surface area contributed by atoms with Gasteiger partial charge >= 0.3 is 0 Å². The number of hydrogen-bond donors (Lipinski definition) is 2. The fraction of sp³-hybridized carbons (Fsp3) is 0.111. The molecule has 8 rings (SSSR count). The molecule has 6 aromatic carbocycles. The van der Waals surface area contributed by atoms with Crippen molar-refractivity contribution in [1.29, 1.82) is 0 Å². The number of nitrogen functional groups attached to an aromatic ring is 2. The molecule has 0 saturated carbocycles. The van der Waals surface area contributed by atoms with E-state index < -0.39 is 33.5 Å². The largest absolute Gasteiger partial charge is 0.399 e. The number of benzene rings is 6. The maximum Gasteiger partial charge on any atom is 0.266 e. The van der Waals surface area contributed by atoms with Crippen LogP contribution in [-0.4, -0.2) is 32.0 Å². The van der Waals surface area contributed by atoms with Gasteiger partial charge in [-0.05, 0) is 151 Å². The normalized spacial score (nSPS) is 13.8. The molecule has 0 spiro atoms. The van der Waals surface area contributed by atoms with E-state index in [1.165, 1.54) is 6.07 Å². The van der Waals surface area contributed by atoms with Gasteiger partial charge in [0.1, 0.15) is 0 Å². The number of amides is 4. The Hall–Kier alpha value is -6.85. The van der Waals surface area contributed by atoms with E-state index in [2.05, 4.69) is 0 Å². The van der Waals surface area contributed by atoms with Crippen LogP contribution in [0, 0.1) is 34.6 Å². The summed E-state index contributed by atoms with van der Waals surface area (Å²) in [7, 11) is -4.19. The molecule has 56 heavy (non-hydrogen) atoms. The Morgan fingerprint density at radius 2 is 0.839 bits per heavy atom. The van der Waals surface area contributed by atoms with Crippen LogP contribution in [0.2, 0.25) is 0 Å². The van der Waals surface area contributed by atoms with Crippen LogP contribution in [0.5, 0.6) is 0 Å². The molecule has 2 aliphatic rings. The molecule has 278 valence electrons. The zero-order chi connectivity index (χ0) is 40.0. The number of carbonyl (C=O) groups excluding carboxylic acids is 4. The van der Waals surface area contributed by atoms with Crippen LogP contribution in [0.3, 0.4) is 0 Å². The number of nitrogens with two attached hydrogens (primary N) is 2. The third-order valence-corrected chi connectivity index (χ3v) is 13.0. The van der Waals surface area contributed by atoms with Gasteiger partial charge in [-0.2, -0.15) is 0 Å². The topological polar surface area (TPSA) is 161 Å². The number of nitrogens with zero attached hydrogens (tertiary/aromatic N) is 2. The summed E-state index contributed by atoms with van der Waals surface area (Å²) in [5, 5.41) is 0. The van der Waals surface area contributed by atoms with E-state index in [9.17, 15) is 27.6 Å². The minimum Gasteiger partial charge on any atom is -0.399 e. The molecule has 4 amide bonds. The van der Waals surface area contributed by atoms with E-state index in [0.29, 0.717) is 44.9 Å². The van der Waals surface area contributed by atoms with Crippen LogP contribution in [0.1, 0.15) is 69.2 Å². The first-order valence-electron chi connectivity index (χ1n) is 17.8. The number of anilines is 4. The van der Waals surface area contributed by atoms with Crippen LogP contribution in [0.25, 0.3) is 22.3 Å². The molecule has 2 aliphatic heterocycles. The molecule has 0 aliphatic carbocycles. The third-order valence-electron chi connectivity index (χ3n) is 10.8. The number of aryl methyl sites for hydroxylation is 3. The first-order valence-corrected chi connectivity index (χ1v) is 19.3. The summed E-state index contributed by atoms with van der Waals surface area (Å²) < 4.78 is 29.1. The van der Waals surface area contributed by atoms with Gasteiger partial charge < -0.3 is 11.5 Å². The Balaban J connectivity index is 1.12. The fourth-order valence-electron chi connectivity index (χ4n) is 7.73. The van der Waals surface area contributed by atoms with Gasteiger partial charge in [0.15, 0.2) is 0 Å². The second-order valence-electron chi connectivity index (χ2n) is 14.4. The van der Waals surface area contributed by atoms with Gasteiger partial charge in [0.05, 0.1) is 43.4 Å². The van der Waals surface area contributed by atoms with Gasteiger partial charge in [0.2, 0.25) is 9.84 Å². The monoisotopic (exact) mass is 760 g/mol. The molecule has 4 N–H and O–H groups in total. The number of sulfone groups is 1. The highest BCUT2D eigenvalue weighted by atomic mass is 32.2. The molecule has 11 heteroatoms. The summed E-state index contributed by atoms with van der Waals surface area (Å²) >= 11 is 0. The molecule has 0 radical (unpaired) electrons. The van der Waals surface area contributed by atoms with Crippen LogP contribution in [0.4, 0.5) is 22.7 Å². The average Bonchev–Trinajstić information content (AvgIpc) is 3.57. The predicted octanol–water partition coefficient (Wildman–Crippen LogP) is 8.16. The van der Waals surface area contributed by atoms with Crippen molar-refractivity contribution in [2.24, 2.45) is 0 Å². The molecule has 6 aromatic rings. The number of hydrogen-bond acceptors (Lipinski definition) is 8. The summed E-state index contributed by atoms with van der Waals surface area (Å²) in [4.78, 5) is 57.3. The fourth-order valence-corrected chi connectivity index (χ4v) is 9.80. The van der Waals surface area contributed by atoms with Gasteiger partial charge in [0.25, 0.3) is 23.6 Å². The highest BCUT2D eigenvalue weighted by Gasteiger charge is 2.40. The molecule has 0 saturated heterocycles. The quantitative estimate of drug-likeness (QED) is 0.127. The molecular formula is C45H36N4O6S. The van der Waals surface area contributed by atoms with E-state index in [4.69, 9.17) is 11.5 Å². The Labute approximate surface area is 323 Å². The lowest BCUT2D eigenvalue weighted by molar-refractivity contribution is 0.0910. The molecule has 0 unspecified atom stereocenters. The number of carbonyl (C=O) groups is 4. The highest BCUT2D eigenvalue weighted by molar-refractivity contribution is 7.91. The molecule has 0 fully saturated rings. The van der Waals surface area contributed by atoms with Crippen molar-refractivity contribution in [2.75, 3.05) is 21.3 Å². The van der Waals surface area contributed by atoms with Gasteiger partial charge in [-0.25, -0.2) is 18.2 Å². The molecule has 2 heterocycles. The Kier molecular flexibility index (Phi) is 8.32. The zero-order valence-electron chi connectivity index (χ0n) is 31.2. The van der Waals surface area contributed by atoms with Gasteiger partial charge in [0, 0.05) is 11.4 Å². The predicted molar refractivity (Wildman–Crippen MR) is 217 cm³/mol. The molecule has 10 nitrogen and oxygen atoms in total. The summed E-state index contributed by atoms with van der Waals surface area (Å²) in [5.41, 5.74) is 19.6. The first-order chi connectivity index (χ1) is 26.6. The lowest BCUT2D eigenvalue weighted by Gasteiger charge is -2.23. The van der Waals surface area contributed by atoms with Crippen LogP contribution in [-0.2, 0) is 9.84 Å². The minimum absolute atomic E-state index is 0.00951. The van der Waals surface area contributed by atoms with Gasteiger partial charge in [-0.3, -0.25) is 19.2 Å². The van der Waals surface area contributed by atoms with E-state index in [1.54, 1.807) is 107 Å².